The van der Waals surface area contributed by atoms with Crippen LogP contribution in [0.3, 0.4) is 0 Å². The van der Waals surface area contributed by atoms with Crippen molar-refractivity contribution in [1.82, 2.24) is 0 Å². The summed E-state index contributed by atoms with van der Waals surface area (Å²) >= 11 is 0. The summed E-state index contributed by atoms with van der Waals surface area (Å²) in [5.41, 5.74) is 0. The van der Waals surface area contributed by atoms with Crippen molar-refractivity contribution in [1.29, 1.82) is 0 Å². The monoisotopic (exact) mass is 192 g/mol. The largest absolute Gasteiger partial charge is 0.497 e. The van der Waals surface area contributed by atoms with Crippen molar-refractivity contribution in [2.75, 3.05) is 7.11 Å². The Morgan fingerprint density at radius 3 is 2.29 bits per heavy atom. The van der Waals surface area contributed by atoms with Crippen LogP contribution < -0.4 is 9.47 Å². The first-order chi connectivity index (χ1) is 6.76. The van der Waals surface area contributed by atoms with Gasteiger partial charge in [-0.2, -0.15) is 0 Å². The SMILES string of the molecule is CC=CC(=O)Oc1ccc(OC)cc1. The van der Waals surface area contributed by atoms with Crippen LogP contribution in [0.4, 0.5) is 0 Å². The number of carbonyl (C=O) groups is 1. The van der Waals surface area contributed by atoms with Gasteiger partial charge in [-0.25, -0.2) is 4.79 Å². The summed E-state index contributed by atoms with van der Waals surface area (Å²) in [7, 11) is 1.58. The van der Waals surface area contributed by atoms with E-state index in [2.05, 4.69) is 0 Å². The lowest BCUT2D eigenvalue weighted by Crippen LogP contribution is -2.03. The molecule has 0 bridgehead atoms. The summed E-state index contributed by atoms with van der Waals surface area (Å²) in [6.45, 7) is 1.76. The fourth-order valence-electron chi connectivity index (χ4n) is 0.930. The number of benzene rings is 1. The highest BCUT2D eigenvalue weighted by Gasteiger charge is 1.99. The van der Waals surface area contributed by atoms with E-state index in [4.69, 9.17) is 9.47 Å². The molecule has 0 aliphatic rings. The molecule has 0 atom stereocenters. The number of carbonyl (C=O) groups excluding carboxylic acids is 1. The fourth-order valence-corrected chi connectivity index (χ4v) is 0.930. The molecule has 0 N–H and O–H groups in total. The van der Waals surface area contributed by atoms with Crippen molar-refractivity contribution < 1.29 is 14.3 Å². The molecule has 1 aromatic carbocycles. The third kappa shape index (κ3) is 2.94. The number of esters is 1. The lowest BCUT2D eigenvalue weighted by molar-refractivity contribution is -0.129. The molecule has 3 heteroatoms. The van der Waals surface area contributed by atoms with E-state index in [0.29, 0.717) is 5.75 Å². The topological polar surface area (TPSA) is 35.5 Å². The van der Waals surface area contributed by atoms with Crippen molar-refractivity contribution in [2.45, 2.75) is 6.92 Å². The Labute approximate surface area is 83.0 Å². The van der Waals surface area contributed by atoms with E-state index < -0.39 is 0 Å². The highest BCUT2D eigenvalue weighted by molar-refractivity contribution is 5.83. The second-order valence-corrected chi connectivity index (χ2v) is 2.60. The van der Waals surface area contributed by atoms with Crippen LogP contribution in [0.2, 0.25) is 0 Å². The minimum absolute atomic E-state index is 0.377. The second-order valence-electron chi connectivity index (χ2n) is 2.60. The lowest BCUT2D eigenvalue weighted by atomic mass is 10.3. The summed E-state index contributed by atoms with van der Waals surface area (Å²) in [6, 6.07) is 6.83. The van der Waals surface area contributed by atoms with E-state index in [1.54, 1.807) is 44.4 Å². The Balaban J connectivity index is 2.64. The van der Waals surface area contributed by atoms with E-state index >= 15 is 0 Å². The normalized spacial score (nSPS) is 10.1. The minimum Gasteiger partial charge on any atom is -0.497 e. The molecule has 1 rings (SSSR count). The third-order valence-electron chi connectivity index (χ3n) is 1.58. The van der Waals surface area contributed by atoms with Crippen LogP contribution in [0, 0.1) is 0 Å². The summed E-state index contributed by atoms with van der Waals surface area (Å²) in [4.78, 5) is 11.0. The average Bonchev–Trinajstić information content (AvgIpc) is 2.19. The summed E-state index contributed by atoms with van der Waals surface area (Å²) < 4.78 is 9.94. The van der Waals surface area contributed by atoms with E-state index in [-0.39, 0.29) is 5.97 Å². The highest BCUT2D eigenvalue weighted by Crippen LogP contribution is 2.16. The number of ether oxygens (including phenoxy) is 2. The van der Waals surface area contributed by atoms with E-state index in [1.165, 1.54) is 6.08 Å². The first-order valence-electron chi connectivity index (χ1n) is 4.25. The van der Waals surface area contributed by atoms with E-state index in [9.17, 15) is 4.79 Å². The minimum atomic E-state index is -0.377. The molecule has 0 aliphatic heterocycles. The molecule has 3 nitrogen and oxygen atoms in total. The Kier molecular flexibility index (Phi) is 3.73. The first-order valence-corrected chi connectivity index (χ1v) is 4.25. The Morgan fingerprint density at radius 1 is 1.21 bits per heavy atom. The molecule has 0 aromatic heterocycles. The molecule has 0 saturated carbocycles. The smallest absolute Gasteiger partial charge is 0.335 e. The number of hydrogen-bond acceptors (Lipinski definition) is 3. The molecule has 0 aliphatic carbocycles. The maximum atomic E-state index is 11.0. The van der Waals surface area contributed by atoms with Gasteiger partial charge in [-0.3, -0.25) is 0 Å². The van der Waals surface area contributed by atoms with Gasteiger partial charge in [-0.1, -0.05) is 6.08 Å². The van der Waals surface area contributed by atoms with Gasteiger partial charge in [0.25, 0.3) is 0 Å². The summed E-state index contributed by atoms with van der Waals surface area (Å²) in [5.74, 6) is 0.863. The Hall–Kier alpha value is -1.77. The van der Waals surface area contributed by atoms with Crippen LogP contribution in [0.5, 0.6) is 11.5 Å². The Morgan fingerprint density at radius 2 is 1.79 bits per heavy atom. The predicted molar refractivity (Wildman–Crippen MR) is 53.4 cm³/mol. The van der Waals surface area contributed by atoms with Gasteiger partial charge in [-0.15, -0.1) is 0 Å². The molecule has 0 unspecified atom stereocenters. The average molecular weight is 192 g/mol. The summed E-state index contributed by atoms with van der Waals surface area (Å²) in [5, 5.41) is 0. The fraction of sp³-hybridized carbons (Fsp3) is 0.182. The Bertz CT molecular complexity index is 325. The van der Waals surface area contributed by atoms with Crippen LogP contribution >= 0.6 is 0 Å². The number of methoxy groups -OCH3 is 1. The molecule has 0 radical (unpaired) electrons. The molecule has 74 valence electrons. The number of rotatable bonds is 3. The van der Waals surface area contributed by atoms with Crippen molar-refractivity contribution in [3.05, 3.63) is 36.4 Å². The van der Waals surface area contributed by atoms with Crippen LogP contribution in [0.1, 0.15) is 6.92 Å². The molecule has 0 fully saturated rings. The standard InChI is InChI=1S/C11H12O3/c1-3-4-11(12)14-10-7-5-9(13-2)6-8-10/h3-8H,1-2H3. The molecular weight excluding hydrogens is 180 g/mol. The molecular formula is C11H12O3. The molecule has 0 amide bonds. The first kappa shape index (κ1) is 10.3. The molecule has 0 saturated heterocycles. The zero-order valence-corrected chi connectivity index (χ0v) is 8.19. The maximum Gasteiger partial charge on any atom is 0.335 e. The van der Waals surface area contributed by atoms with Crippen molar-refractivity contribution in [3.63, 3.8) is 0 Å². The quantitative estimate of drug-likeness (QED) is 0.418. The zero-order valence-electron chi connectivity index (χ0n) is 8.19. The van der Waals surface area contributed by atoms with Gasteiger partial charge in [0.2, 0.25) is 0 Å². The zero-order chi connectivity index (χ0) is 10.4. The van der Waals surface area contributed by atoms with Gasteiger partial charge in [0, 0.05) is 6.08 Å². The van der Waals surface area contributed by atoms with Crippen LogP contribution in [-0.4, -0.2) is 13.1 Å². The van der Waals surface area contributed by atoms with Gasteiger partial charge in [0.1, 0.15) is 11.5 Å². The van der Waals surface area contributed by atoms with Crippen molar-refractivity contribution in [3.8, 4) is 11.5 Å². The van der Waals surface area contributed by atoms with E-state index in [1.807, 2.05) is 0 Å². The van der Waals surface area contributed by atoms with Crippen molar-refractivity contribution in [2.24, 2.45) is 0 Å². The molecule has 14 heavy (non-hydrogen) atoms. The van der Waals surface area contributed by atoms with Crippen LogP contribution in [-0.2, 0) is 4.79 Å². The number of hydrogen-bond donors (Lipinski definition) is 0. The van der Waals surface area contributed by atoms with Crippen LogP contribution in [0.15, 0.2) is 36.4 Å². The predicted octanol–water partition coefficient (Wildman–Crippen LogP) is 2.18. The third-order valence-corrected chi connectivity index (χ3v) is 1.58. The van der Waals surface area contributed by atoms with Gasteiger partial charge in [0.15, 0.2) is 0 Å². The second kappa shape index (κ2) is 5.07. The van der Waals surface area contributed by atoms with Gasteiger partial charge < -0.3 is 9.47 Å². The van der Waals surface area contributed by atoms with Gasteiger partial charge in [-0.05, 0) is 31.2 Å². The highest BCUT2D eigenvalue weighted by atomic mass is 16.5. The molecule has 1 aromatic rings. The maximum absolute atomic E-state index is 11.0. The summed E-state index contributed by atoms with van der Waals surface area (Å²) in [6.07, 6.45) is 3.00. The van der Waals surface area contributed by atoms with Crippen molar-refractivity contribution >= 4 is 5.97 Å². The molecule has 0 heterocycles. The van der Waals surface area contributed by atoms with Gasteiger partial charge in [0.05, 0.1) is 7.11 Å². The molecule has 0 spiro atoms. The van der Waals surface area contributed by atoms with Gasteiger partial charge >= 0.3 is 5.97 Å². The van der Waals surface area contributed by atoms with Crippen LogP contribution in [0.25, 0.3) is 0 Å². The lowest BCUT2D eigenvalue weighted by Gasteiger charge is -2.02. The van der Waals surface area contributed by atoms with E-state index in [0.717, 1.165) is 5.75 Å². The number of allylic oxidation sites excluding steroid dienone is 1.